The van der Waals surface area contributed by atoms with Crippen LogP contribution < -0.4 is 51.5 Å². The second kappa shape index (κ2) is 66.2. The fourth-order valence-electron chi connectivity index (χ4n) is 15.3. The molecule has 2 saturated heterocycles. The highest BCUT2D eigenvalue weighted by Gasteiger charge is 2.57. The number of phosphoric acid groups is 1. The summed E-state index contributed by atoms with van der Waals surface area (Å²) in [4.78, 5) is 101. The van der Waals surface area contributed by atoms with Crippen LogP contribution in [0.1, 0.15) is 226 Å². The van der Waals surface area contributed by atoms with Crippen molar-refractivity contribution in [1.29, 1.82) is 0 Å². The van der Waals surface area contributed by atoms with E-state index in [2.05, 4.69) is 42.0 Å². The molecule has 8 rings (SSSR count). The summed E-state index contributed by atoms with van der Waals surface area (Å²) in [7, 11) is -8.28. The summed E-state index contributed by atoms with van der Waals surface area (Å²) < 4.78 is 109. The second-order valence-electron chi connectivity index (χ2n) is 33.3. The van der Waals surface area contributed by atoms with Gasteiger partial charge in [-0.2, -0.15) is 0 Å². The Balaban J connectivity index is 1.25. The van der Waals surface area contributed by atoms with Crippen molar-refractivity contribution in [2.75, 3.05) is 65.9 Å². The van der Waals surface area contributed by atoms with Gasteiger partial charge in [-0.1, -0.05) is 396 Å². The number of para-hydroxylation sites is 2. The Morgan fingerprint density at radius 1 is 0.368 bits per heavy atom. The van der Waals surface area contributed by atoms with E-state index in [-0.39, 0.29) is 63.1 Å². The molecule has 0 radical (unpaired) electrons. The topological polar surface area (TPSA) is 323 Å². The van der Waals surface area contributed by atoms with Crippen LogP contribution in [0.3, 0.4) is 0 Å². The first-order valence-corrected chi connectivity index (χ1v) is 54.2. The van der Waals surface area contributed by atoms with Gasteiger partial charge in [0.05, 0.1) is 49.3 Å². The van der Waals surface area contributed by atoms with Gasteiger partial charge < -0.3 is 86.7 Å². The van der Waals surface area contributed by atoms with Crippen molar-refractivity contribution in [2.24, 2.45) is 0 Å². The van der Waals surface area contributed by atoms with Crippen LogP contribution in [0.25, 0.3) is 0 Å². The first-order valence-electron chi connectivity index (χ1n) is 48.0. The van der Waals surface area contributed by atoms with Crippen LogP contribution in [0.15, 0.2) is 182 Å². The van der Waals surface area contributed by atoms with E-state index in [1.165, 1.54) is 43.5 Å². The van der Waals surface area contributed by atoms with Gasteiger partial charge in [-0.05, 0) is 56.4 Å². The van der Waals surface area contributed by atoms with Crippen LogP contribution in [0.5, 0.6) is 11.5 Å². The van der Waals surface area contributed by atoms with Crippen molar-refractivity contribution in [1.82, 2.24) is 21.3 Å². The number of ether oxygens (including phenoxy) is 10. The SMILES string of the molecule is CCCCCCCCCCCCCC(=O)O[C@@H]1[C@H](NC(=O)CCCCCNC(=O)CCCCCCC)[C@@H](OCCOP(c2ccccc2)c2ccccc2)O[C@H](CO[C@@H]2O[C@H](COC(=O)OCC(Cl)(Cl)Cl)[C@@H](OP(=O)(Oc3ccccc3)Oc3ccccc3)[C@H](OC(=O)CNC(=O)CCCCCCCCCCC)[C@@H]2NC(=O)OCC(Cl)(Cl)Cl)[C@H]1OCCOP(c1ccccc1)c1ccccc1. The standard InChI is InChI=1S/C100H137Cl6N4O23P3/c1-4-7-10-13-15-17-18-20-22-25-48-65-87(114)129-93-89(109-86(113)64-47-32-49-66-107-84(111)62-45-23-12-9-6-3)95(120-68-70-126-135(80-58-41-30-42-59-80)81-60-43-31-44-61-81)127-82(91(93)119-67-69-125-134(78-54-37-28-38-55-78)79-56-39-29-40-57-79)72-121-96-90(110-97(116)123-74-99(101,102)103)94(130-88(115)71-108-85(112)63-46-24-21-19-16-14-11-8-5-2)92(83(128-96)73-122-98(117)124-75-100(104,105)106)133-136(118,131-76-50-33-26-34-51-76)132-77-52-35-27-36-53-77/h26-31,33-44,50-61,82-83,89-96H,4-25,32,45-49,62-75H2,1-3H3,(H,107,111)(H,108,112)(H,109,113)(H,110,116)/t82-,83-,89+,90+,91-,92-,93-,94-,95+,96-/m1/s1. The Morgan fingerprint density at radius 2 is 0.735 bits per heavy atom. The summed E-state index contributed by atoms with van der Waals surface area (Å²) in [5.74, 6) is -3.02. The van der Waals surface area contributed by atoms with E-state index >= 15 is 18.9 Å². The summed E-state index contributed by atoms with van der Waals surface area (Å²) in [5, 5.41) is 15.0. The molecule has 0 aromatic heterocycles. The lowest BCUT2D eigenvalue weighted by Crippen LogP contribution is -2.68. The Bertz CT molecular complexity index is 4250. The molecule has 752 valence electrons. The van der Waals surface area contributed by atoms with Gasteiger partial charge in [-0.3, -0.25) is 28.5 Å². The summed E-state index contributed by atoms with van der Waals surface area (Å²) in [6.07, 6.45) is 9.41. The normalized spacial score (nSPS) is 18.4. The van der Waals surface area contributed by atoms with Gasteiger partial charge in [0.2, 0.25) is 25.3 Å². The monoisotopic (exact) mass is 2060 g/mol. The van der Waals surface area contributed by atoms with Crippen LogP contribution in [-0.4, -0.2) is 177 Å². The Hall–Kier alpha value is -6.68. The second-order valence-corrected chi connectivity index (χ2v) is 43.6. The smallest absolute Gasteiger partial charge is 0.457 e. The number of hydrogen-bond donors (Lipinski definition) is 4. The lowest BCUT2D eigenvalue weighted by Gasteiger charge is -2.47. The molecule has 2 aliphatic rings. The highest BCUT2D eigenvalue weighted by Crippen LogP contribution is 2.53. The molecule has 0 aliphatic carbocycles. The van der Waals surface area contributed by atoms with Crippen molar-refractivity contribution < 1.29 is 108 Å². The number of alkyl halides is 6. The molecular weight excluding hydrogens is 1930 g/mol. The minimum absolute atomic E-state index is 0.0343. The van der Waals surface area contributed by atoms with Crippen molar-refractivity contribution in [3.8, 4) is 11.5 Å². The van der Waals surface area contributed by atoms with Gasteiger partial charge >= 0.3 is 32.0 Å². The van der Waals surface area contributed by atoms with Gasteiger partial charge in [-0.25, -0.2) is 14.2 Å². The van der Waals surface area contributed by atoms with E-state index in [0.717, 1.165) is 143 Å². The third-order valence-corrected chi connectivity index (χ3v) is 28.1. The van der Waals surface area contributed by atoms with E-state index < -0.39 is 162 Å². The van der Waals surface area contributed by atoms with Gasteiger partial charge in [0.15, 0.2) is 24.8 Å². The van der Waals surface area contributed by atoms with Crippen molar-refractivity contribution >= 4 is 157 Å². The number of rotatable bonds is 67. The van der Waals surface area contributed by atoms with E-state index in [0.29, 0.717) is 51.5 Å². The van der Waals surface area contributed by atoms with Gasteiger partial charge in [0, 0.05) is 53.4 Å². The molecule has 0 saturated carbocycles. The van der Waals surface area contributed by atoms with Crippen LogP contribution in [0, 0.1) is 0 Å². The van der Waals surface area contributed by atoms with Crippen molar-refractivity contribution in [3.05, 3.63) is 182 Å². The molecule has 4 N–H and O–H groups in total. The molecule has 2 aliphatic heterocycles. The Labute approximate surface area is 835 Å². The lowest BCUT2D eigenvalue weighted by atomic mass is 9.95. The summed E-state index contributed by atoms with van der Waals surface area (Å²) >= 11 is 37.0. The summed E-state index contributed by atoms with van der Waals surface area (Å²) in [6.45, 7) is 1.94. The van der Waals surface area contributed by atoms with E-state index in [1.807, 2.05) is 121 Å². The molecule has 2 heterocycles. The minimum Gasteiger partial charge on any atom is -0.457 e. The molecule has 0 spiro atoms. The average molecular weight is 2070 g/mol. The third-order valence-electron chi connectivity index (χ3n) is 22.1. The van der Waals surface area contributed by atoms with E-state index in [4.69, 9.17) is 140 Å². The molecule has 136 heavy (non-hydrogen) atoms. The highest BCUT2D eigenvalue weighted by molar-refractivity contribution is 7.68. The zero-order valence-electron chi connectivity index (χ0n) is 78.3. The first kappa shape index (κ1) is 115. The lowest BCUT2D eigenvalue weighted by molar-refractivity contribution is -0.308. The average Bonchev–Trinajstić information content (AvgIpc) is 0.782. The molecule has 10 atom stereocenters. The number of halogens is 6. The van der Waals surface area contributed by atoms with Crippen molar-refractivity contribution in [3.63, 3.8) is 0 Å². The fourth-order valence-corrected chi connectivity index (χ4v) is 20.5. The number of carbonyl (C=O) groups is 7. The Kier molecular flexibility index (Phi) is 55.7. The minimum atomic E-state index is -5.29. The van der Waals surface area contributed by atoms with Gasteiger partial charge in [0.1, 0.15) is 74.4 Å². The summed E-state index contributed by atoms with van der Waals surface area (Å²) in [6, 6.07) is 50.7. The van der Waals surface area contributed by atoms with Gasteiger partial charge in [0.25, 0.3) is 0 Å². The van der Waals surface area contributed by atoms with Crippen LogP contribution in [-0.2, 0) is 89.5 Å². The summed E-state index contributed by atoms with van der Waals surface area (Å²) in [5.41, 5.74) is 0. The van der Waals surface area contributed by atoms with Crippen LogP contribution >= 0.6 is 93.7 Å². The molecule has 6 aromatic carbocycles. The number of benzene rings is 6. The number of amides is 4. The van der Waals surface area contributed by atoms with Crippen LogP contribution in [0.4, 0.5) is 9.59 Å². The maximum Gasteiger partial charge on any atom is 0.588 e. The highest BCUT2D eigenvalue weighted by atomic mass is 35.6. The number of alkyl carbamates (subject to hydrolysis) is 1. The number of carbonyl (C=O) groups excluding carboxylic acids is 7. The van der Waals surface area contributed by atoms with Crippen molar-refractivity contribution in [2.45, 2.75) is 295 Å². The number of unbranched alkanes of at least 4 members (excludes halogenated alkanes) is 24. The van der Waals surface area contributed by atoms with Crippen LogP contribution in [0.2, 0.25) is 0 Å². The molecule has 6 aromatic rings. The largest absolute Gasteiger partial charge is 0.588 e. The maximum atomic E-state index is 16.1. The fraction of sp³-hybridized carbons (Fsp3) is 0.570. The zero-order valence-corrected chi connectivity index (χ0v) is 85.5. The third kappa shape index (κ3) is 46.4. The predicted molar refractivity (Wildman–Crippen MR) is 534 cm³/mol. The molecule has 2 fully saturated rings. The number of nitrogens with one attached hydrogen (secondary N) is 4. The number of phosphoric ester groups is 1. The first-order chi connectivity index (χ1) is 65.9. The molecule has 36 heteroatoms. The quantitative estimate of drug-likeness (QED) is 0.00906. The number of hydrogen-bond acceptors (Lipinski definition) is 23. The molecule has 0 bridgehead atoms. The van der Waals surface area contributed by atoms with E-state index in [9.17, 15) is 19.2 Å². The van der Waals surface area contributed by atoms with Gasteiger partial charge in [-0.15, -0.1) is 0 Å². The number of esters is 2. The Morgan fingerprint density at radius 3 is 1.19 bits per heavy atom. The predicted octanol–water partition coefficient (Wildman–Crippen LogP) is 21.7. The molecular formula is C100H137Cl6N4O23P3. The maximum absolute atomic E-state index is 16.1. The zero-order chi connectivity index (χ0) is 97.3. The molecule has 27 nitrogen and oxygen atoms in total. The molecule has 4 amide bonds. The van der Waals surface area contributed by atoms with E-state index in [1.54, 1.807) is 36.4 Å². The molecule has 0 unspecified atom stereocenters.